The van der Waals surface area contributed by atoms with Gasteiger partial charge < -0.3 is 4.74 Å². The third-order valence-corrected chi connectivity index (χ3v) is 4.10. The maximum Gasteiger partial charge on any atom is 0.357 e. The molecule has 0 aliphatic heterocycles. The molecule has 0 bridgehead atoms. The van der Waals surface area contributed by atoms with Crippen LogP contribution in [0.1, 0.15) is 35.3 Å². The lowest BCUT2D eigenvalue weighted by Gasteiger charge is -2.02. The van der Waals surface area contributed by atoms with Crippen molar-refractivity contribution in [3.63, 3.8) is 0 Å². The van der Waals surface area contributed by atoms with Crippen LogP contribution in [0.15, 0.2) is 5.38 Å². The summed E-state index contributed by atoms with van der Waals surface area (Å²) < 4.78 is 4.59. The Kier molecular flexibility index (Phi) is 2.68. The van der Waals surface area contributed by atoms with Crippen LogP contribution in [0.4, 0.5) is 0 Å². The summed E-state index contributed by atoms with van der Waals surface area (Å²) in [6.45, 7) is 2.07. The molecule has 1 saturated carbocycles. The number of esters is 1. The molecule has 1 heterocycles. The van der Waals surface area contributed by atoms with Gasteiger partial charge in [-0.1, -0.05) is 13.3 Å². The molecule has 84 valence electrons. The maximum atomic E-state index is 11.3. The number of nitriles is 1. The van der Waals surface area contributed by atoms with E-state index in [0.29, 0.717) is 11.6 Å². The van der Waals surface area contributed by atoms with Gasteiger partial charge in [0.25, 0.3) is 0 Å². The van der Waals surface area contributed by atoms with Gasteiger partial charge in [-0.25, -0.2) is 9.78 Å². The first-order valence-electron chi connectivity index (χ1n) is 5.13. The van der Waals surface area contributed by atoms with Crippen LogP contribution in [0.25, 0.3) is 0 Å². The Morgan fingerprint density at radius 3 is 3.12 bits per heavy atom. The molecule has 0 amide bonds. The molecule has 1 aromatic rings. The lowest BCUT2D eigenvalue weighted by atomic mass is 10.1. The fourth-order valence-corrected chi connectivity index (χ4v) is 2.98. The number of carbonyl (C=O) groups excluding carboxylic acids is 1. The predicted molar refractivity (Wildman–Crippen MR) is 59.1 cm³/mol. The first kappa shape index (κ1) is 11.1. The summed E-state index contributed by atoms with van der Waals surface area (Å²) in [4.78, 5) is 15.5. The highest BCUT2D eigenvalue weighted by Crippen LogP contribution is 2.56. The summed E-state index contributed by atoms with van der Waals surface area (Å²) in [5.74, 6) is -0.0570. The van der Waals surface area contributed by atoms with Gasteiger partial charge in [0, 0.05) is 5.38 Å². The van der Waals surface area contributed by atoms with Crippen molar-refractivity contribution in [1.82, 2.24) is 4.98 Å². The highest BCUT2D eigenvalue weighted by molar-refractivity contribution is 7.10. The highest BCUT2D eigenvalue weighted by Gasteiger charge is 2.57. The number of thiazole rings is 1. The van der Waals surface area contributed by atoms with E-state index in [1.807, 2.05) is 0 Å². The second-order valence-electron chi connectivity index (χ2n) is 3.92. The second-order valence-corrected chi connectivity index (χ2v) is 4.78. The van der Waals surface area contributed by atoms with E-state index in [0.717, 1.165) is 17.8 Å². The summed E-state index contributed by atoms with van der Waals surface area (Å²) in [5, 5.41) is 11.6. The van der Waals surface area contributed by atoms with E-state index in [2.05, 4.69) is 22.7 Å². The molecular weight excluding hydrogens is 224 g/mol. The van der Waals surface area contributed by atoms with E-state index >= 15 is 0 Å². The molecule has 1 aromatic heterocycles. The van der Waals surface area contributed by atoms with E-state index in [-0.39, 0.29) is 0 Å². The SMILES string of the molecule is CCC1CC1(C#N)c1nc(C(=O)OC)cs1. The Balaban J connectivity index is 2.26. The molecule has 16 heavy (non-hydrogen) atoms. The van der Waals surface area contributed by atoms with E-state index < -0.39 is 11.4 Å². The molecule has 5 heteroatoms. The van der Waals surface area contributed by atoms with Gasteiger partial charge in [0.2, 0.25) is 0 Å². The van der Waals surface area contributed by atoms with Crippen LogP contribution in [0.5, 0.6) is 0 Å². The Labute approximate surface area is 97.9 Å². The Morgan fingerprint density at radius 1 is 1.88 bits per heavy atom. The number of carbonyl (C=O) groups is 1. The first-order chi connectivity index (χ1) is 7.67. The van der Waals surface area contributed by atoms with Crippen molar-refractivity contribution in [3.05, 3.63) is 16.1 Å². The van der Waals surface area contributed by atoms with Crippen LogP contribution in [0.3, 0.4) is 0 Å². The number of nitrogens with zero attached hydrogens (tertiary/aromatic N) is 2. The van der Waals surface area contributed by atoms with Gasteiger partial charge in [-0.05, 0) is 12.3 Å². The van der Waals surface area contributed by atoms with Crippen molar-refractivity contribution in [2.45, 2.75) is 25.2 Å². The quantitative estimate of drug-likeness (QED) is 0.754. The third kappa shape index (κ3) is 1.50. The average Bonchev–Trinajstić information content (AvgIpc) is 2.85. The summed E-state index contributed by atoms with van der Waals surface area (Å²) in [6, 6.07) is 2.34. The van der Waals surface area contributed by atoms with E-state index in [9.17, 15) is 10.1 Å². The smallest absolute Gasteiger partial charge is 0.357 e. The normalized spacial score (nSPS) is 27.2. The topological polar surface area (TPSA) is 63.0 Å². The van der Waals surface area contributed by atoms with Crippen molar-refractivity contribution >= 4 is 17.3 Å². The molecule has 0 saturated heterocycles. The number of hydrogen-bond donors (Lipinski definition) is 0. The molecule has 2 rings (SSSR count). The zero-order valence-electron chi connectivity index (χ0n) is 9.19. The second kappa shape index (κ2) is 3.87. The van der Waals surface area contributed by atoms with Gasteiger partial charge in [0.15, 0.2) is 5.69 Å². The standard InChI is InChI=1S/C11H12N2O2S/c1-3-7-4-11(7,6-12)10-13-8(5-16-10)9(14)15-2/h5,7H,3-4H2,1-2H3. The van der Waals surface area contributed by atoms with Crippen LogP contribution in [0, 0.1) is 17.2 Å². The summed E-state index contributed by atoms with van der Waals surface area (Å²) in [5.41, 5.74) is -0.134. The van der Waals surface area contributed by atoms with E-state index in [4.69, 9.17) is 0 Å². The number of ether oxygens (including phenoxy) is 1. The van der Waals surface area contributed by atoms with Gasteiger partial charge >= 0.3 is 5.97 Å². The monoisotopic (exact) mass is 236 g/mol. The largest absolute Gasteiger partial charge is 0.464 e. The first-order valence-corrected chi connectivity index (χ1v) is 6.01. The summed E-state index contributed by atoms with van der Waals surface area (Å²) in [6.07, 6.45) is 1.83. The van der Waals surface area contributed by atoms with Gasteiger partial charge in [-0.3, -0.25) is 0 Å². The lowest BCUT2D eigenvalue weighted by Crippen LogP contribution is -2.08. The average molecular weight is 236 g/mol. The Morgan fingerprint density at radius 2 is 2.62 bits per heavy atom. The highest BCUT2D eigenvalue weighted by atomic mass is 32.1. The molecule has 0 radical (unpaired) electrons. The molecule has 2 unspecified atom stereocenters. The van der Waals surface area contributed by atoms with Crippen LogP contribution in [0.2, 0.25) is 0 Å². The molecule has 1 fully saturated rings. The molecule has 1 aliphatic rings. The molecule has 0 N–H and O–H groups in total. The third-order valence-electron chi connectivity index (χ3n) is 3.08. The van der Waals surface area contributed by atoms with Gasteiger partial charge in [-0.15, -0.1) is 11.3 Å². The minimum absolute atomic E-state index is 0.305. The molecular formula is C11H12N2O2S. The van der Waals surface area contributed by atoms with Crippen molar-refractivity contribution in [2.24, 2.45) is 5.92 Å². The van der Waals surface area contributed by atoms with E-state index in [1.54, 1.807) is 5.38 Å². The number of methoxy groups -OCH3 is 1. The predicted octanol–water partition coefficient (Wildman–Crippen LogP) is 2.12. The Hall–Kier alpha value is -1.41. The van der Waals surface area contributed by atoms with Crippen LogP contribution < -0.4 is 0 Å². The molecule has 0 spiro atoms. The maximum absolute atomic E-state index is 11.3. The van der Waals surface area contributed by atoms with Gasteiger partial charge in [-0.2, -0.15) is 5.26 Å². The van der Waals surface area contributed by atoms with Crippen LogP contribution in [-0.2, 0) is 10.2 Å². The number of rotatable bonds is 3. The fourth-order valence-electron chi connectivity index (χ4n) is 1.95. The molecule has 1 aliphatic carbocycles. The molecule has 0 aromatic carbocycles. The van der Waals surface area contributed by atoms with Crippen molar-refractivity contribution < 1.29 is 9.53 Å². The summed E-state index contributed by atoms with van der Waals surface area (Å²) in [7, 11) is 1.33. The fraction of sp³-hybridized carbons (Fsp3) is 0.545. The van der Waals surface area contributed by atoms with Crippen molar-refractivity contribution in [3.8, 4) is 6.07 Å². The molecule has 4 nitrogen and oxygen atoms in total. The Bertz CT molecular complexity index is 463. The zero-order chi connectivity index (χ0) is 11.8. The minimum atomic E-state index is -0.440. The van der Waals surface area contributed by atoms with Crippen molar-refractivity contribution in [2.75, 3.05) is 7.11 Å². The minimum Gasteiger partial charge on any atom is -0.464 e. The summed E-state index contributed by atoms with van der Waals surface area (Å²) >= 11 is 1.37. The van der Waals surface area contributed by atoms with Gasteiger partial charge in [0.05, 0.1) is 13.2 Å². The number of hydrogen-bond acceptors (Lipinski definition) is 5. The zero-order valence-corrected chi connectivity index (χ0v) is 10.0. The van der Waals surface area contributed by atoms with Crippen molar-refractivity contribution in [1.29, 1.82) is 5.26 Å². The van der Waals surface area contributed by atoms with Crippen LogP contribution in [-0.4, -0.2) is 18.1 Å². The van der Waals surface area contributed by atoms with Crippen LogP contribution >= 0.6 is 11.3 Å². The van der Waals surface area contributed by atoms with E-state index in [1.165, 1.54) is 18.4 Å². The molecule has 2 atom stereocenters. The number of aromatic nitrogens is 1. The lowest BCUT2D eigenvalue weighted by molar-refractivity contribution is 0.0594. The van der Waals surface area contributed by atoms with Gasteiger partial charge in [0.1, 0.15) is 10.4 Å².